The van der Waals surface area contributed by atoms with Crippen molar-refractivity contribution in [2.75, 3.05) is 37.7 Å². The molecule has 172 valence electrons. The topological polar surface area (TPSA) is 50.7 Å². The molecule has 5 heterocycles. The largest absolute Gasteiger partial charge is 0.493 e. The van der Waals surface area contributed by atoms with Gasteiger partial charge in [0, 0.05) is 32.0 Å². The van der Waals surface area contributed by atoms with E-state index in [1.807, 2.05) is 0 Å². The number of halogens is 3. The molecule has 4 aliphatic heterocycles. The van der Waals surface area contributed by atoms with Crippen molar-refractivity contribution in [1.29, 1.82) is 0 Å². The van der Waals surface area contributed by atoms with E-state index in [2.05, 4.69) is 30.7 Å². The number of anilines is 1. The van der Waals surface area contributed by atoms with Crippen LogP contribution in [0.15, 0.2) is 10.5 Å². The van der Waals surface area contributed by atoms with E-state index in [0.717, 1.165) is 45.2 Å². The number of alkyl halides is 1. The highest BCUT2D eigenvalue weighted by atomic mass is 79.9. The van der Waals surface area contributed by atoms with Crippen LogP contribution in [0.4, 0.5) is 14.6 Å². The molecule has 0 radical (unpaired) electrons. The molecule has 0 N–H and O–H groups in total. The zero-order valence-electron chi connectivity index (χ0n) is 18.0. The van der Waals surface area contributed by atoms with E-state index in [0.29, 0.717) is 53.6 Å². The van der Waals surface area contributed by atoms with E-state index in [9.17, 15) is 4.39 Å². The summed E-state index contributed by atoms with van der Waals surface area (Å²) in [5.74, 6) is 0.835. The van der Waals surface area contributed by atoms with Crippen molar-refractivity contribution in [3.8, 4) is 11.8 Å². The van der Waals surface area contributed by atoms with Crippen molar-refractivity contribution >= 4 is 32.7 Å². The molecule has 0 spiro atoms. The van der Waals surface area contributed by atoms with Gasteiger partial charge in [-0.3, -0.25) is 4.90 Å². The Morgan fingerprint density at radius 2 is 2.12 bits per heavy atom. The van der Waals surface area contributed by atoms with Crippen LogP contribution in [0.25, 0.3) is 10.9 Å². The standard InChI is InChI=1S/C23H27BrF2N4O2/c24-16-10-17-18-20(19(16)26)27-22(32-13-23-6-3-7-29(23)12-14(25)11-23)28-21(18)30-8-2-1-4-15(30)5-9-31-17/h10,14-15H,1-9,11-13H2/t14-,15?,23+/m1/s1. The summed E-state index contributed by atoms with van der Waals surface area (Å²) in [5, 5.41) is 0.606. The van der Waals surface area contributed by atoms with Crippen molar-refractivity contribution in [2.24, 2.45) is 0 Å². The van der Waals surface area contributed by atoms with Gasteiger partial charge in [0.05, 0.1) is 22.0 Å². The Bertz CT molecular complexity index is 1060. The van der Waals surface area contributed by atoms with Crippen molar-refractivity contribution < 1.29 is 18.3 Å². The maximum absolute atomic E-state index is 15.2. The van der Waals surface area contributed by atoms with Gasteiger partial charge < -0.3 is 14.4 Å². The molecule has 0 amide bonds. The second-order valence-corrected chi connectivity index (χ2v) is 10.4. The van der Waals surface area contributed by atoms with Gasteiger partial charge in [-0.2, -0.15) is 9.97 Å². The van der Waals surface area contributed by atoms with Gasteiger partial charge in [-0.1, -0.05) is 0 Å². The highest BCUT2D eigenvalue weighted by Gasteiger charge is 2.49. The fraction of sp³-hybridized carbons (Fsp3) is 0.652. The van der Waals surface area contributed by atoms with Crippen LogP contribution in [0.5, 0.6) is 11.8 Å². The van der Waals surface area contributed by atoms with Crippen LogP contribution >= 0.6 is 15.9 Å². The molecule has 9 heteroatoms. The van der Waals surface area contributed by atoms with Crippen LogP contribution in [-0.4, -0.2) is 65.5 Å². The van der Waals surface area contributed by atoms with Gasteiger partial charge in [-0.05, 0) is 60.6 Å². The maximum Gasteiger partial charge on any atom is 0.319 e. The lowest BCUT2D eigenvalue weighted by Gasteiger charge is -2.39. The number of hydrogen-bond donors (Lipinski definition) is 0. The fourth-order valence-corrected chi connectivity index (χ4v) is 6.49. The highest BCUT2D eigenvalue weighted by molar-refractivity contribution is 9.10. The first-order valence-electron chi connectivity index (χ1n) is 11.7. The molecule has 32 heavy (non-hydrogen) atoms. The van der Waals surface area contributed by atoms with Gasteiger partial charge in [-0.15, -0.1) is 0 Å². The molecule has 1 aromatic carbocycles. The predicted octanol–water partition coefficient (Wildman–Crippen LogP) is 4.63. The summed E-state index contributed by atoms with van der Waals surface area (Å²) in [6, 6.07) is 2.13. The molecule has 0 aliphatic carbocycles. The van der Waals surface area contributed by atoms with E-state index in [1.54, 1.807) is 6.07 Å². The molecule has 3 fully saturated rings. The van der Waals surface area contributed by atoms with Crippen molar-refractivity contribution in [1.82, 2.24) is 14.9 Å². The Hall–Kier alpha value is -1.74. The molecule has 0 bridgehead atoms. The summed E-state index contributed by atoms with van der Waals surface area (Å²) < 4.78 is 41.9. The number of hydrogen-bond acceptors (Lipinski definition) is 6. The molecule has 1 aromatic heterocycles. The summed E-state index contributed by atoms with van der Waals surface area (Å²) in [7, 11) is 0. The fourth-order valence-electron chi connectivity index (χ4n) is 6.10. The lowest BCUT2D eigenvalue weighted by Crippen LogP contribution is -2.44. The summed E-state index contributed by atoms with van der Waals surface area (Å²) in [4.78, 5) is 13.8. The van der Waals surface area contributed by atoms with Crippen molar-refractivity contribution in [2.45, 2.75) is 62.7 Å². The average Bonchev–Trinajstić information content (AvgIpc) is 3.30. The van der Waals surface area contributed by atoms with Gasteiger partial charge in [0.15, 0.2) is 5.82 Å². The molecule has 3 saturated heterocycles. The predicted molar refractivity (Wildman–Crippen MR) is 121 cm³/mol. The third-order valence-electron chi connectivity index (χ3n) is 7.63. The van der Waals surface area contributed by atoms with E-state index in [4.69, 9.17) is 14.5 Å². The number of aromatic nitrogens is 2. The lowest BCUT2D eigenvalue weighted by molar-refractivity contribution is 0.107. The summed E-state index contributed by atoms with van der Waals surface area (Å²) in [6.45, 7) is 3.13. The number of ether oxygens (including phenoxy) is 2. The normalized spacial score (nSPS) is 29.9. The molecule has 1 unspecified atom stereocenters. The lowest BCUT2D eigenvalue weighted by atomic mass is 9.95. The minimum absolute atomic E-state index is 0.156. The molecule has 3 atom stereocenters. The number of benzene rings is 1. The van der Waals surface area contributed by atoms with E-state index >= 15 is 4.39 Å². The maximum atomic E-state index is 15.2. The van der Waals surface area contributed by atoms with E-state index in [1.165, 1.54) is 6.42 Å². The van der Waals surface area contributed by atoms with Crippen LogP contribution in [0, 0.1) is 5.82 Å². The Morgan fingerprint density at radius 3 is 3.03 bits per heavy atom. The van der Waals surface area contributed by atoms with Crippen LogP contribution in [0.3, 0.4) is 0 Å². The molecule has 0 saturated carbocycles. The second kappa shape index (κ2) is 7.94. The Morgan fingerprint density at radius 1 is 1.22 bits per heavy atom. The van der Waals surface area contributed by atoms with Gasteiger partial charge in [0.25, 0.3) is 0 Å². The van der Waals surface area contributed by atoms with Crippen molar-refractivity contribution in [3.63, 3.8) is 0 Å². The second-order valence-electron chi connectivity index (χ2n) is 9.57. The molecule has 6 rings (SSSR count). The smallest absolute Gasteiger partial charge is 0.319 e. The van der Waals surface area contributed by atoms with Gasteiger partial charge in [0.1, 0.15) is 29.9 Å². The Kier molecular flexibility index (Phi) is 5.17. The van der Waals surface area contributed by atoms with Crippen LogP contribution in [0.1, 0.15) is 44.9 Å². The number of nitrogens with zero attached hydrogens (tertiary/aromatic N) is 4. The first kappa shape index (κ1) is 20.8. The number of fused-ring (bicyclic) bond motifs is 3. The summed E-state index contributed by atoms with van der Waals surface area (Å²) in [5.41, 5.74) is -0.0997. The summed E-state index contributed by atoms with van der Waals surface area (Å²) >= 11 is 3.31. The SMILES string of the molecule is Fc1c(Br)cc2c3c(nc(OC[C@@]45CCCN4C[C@H](F)C5)nc13)N1CCCCC1CCO2. The quantitative estimate of drug-likeness (QED) is 0.602. The van der Waals surface area contributed by atoms with Crippen LogP contribution < -0.4 is 14.4 Å². The first-order valence-corrected chi connectivity index (χ1v) is 12.4. The molecular formula is C23H27BrF2N4O2. The molecule has 6 nitrogen and oxygen atoms in total. The van der Waals surface area contributed by atoms with Gasteiger partial charge >= 0.3 is 6.01 Å². The zero-order valence-corrected chi connectivity index (χ0v) is 19.5. The Labute approximate surface area is 194 Å². The van der Waals surface area contributed by atoms with E-state index < -0.39 is 12.0 Å². The number of rotatable bonds is 3. The van der Waals surface area contributed by atoms with E-state index in [-0.39, 0.29) is 17.1 Å². The highest BCUT2D eigenvalue weighted by Crippen LogP contribution is 2.43. The monoisotopic (exact) mass is 508 g/mol. The minimum Gasteiger partial charge on any atom is -0.493 e. The Balaban J connectivity index is 1.43. The number of piperidine rings is 1. The molecular weight excluding hydrogens is 482 g/mol. The minimum atomic E-state index is -0.827. The zero-order chi connectivity index (χ0) is 21.9. The third kappa shape index (κ3) is 3.34. The molecule has 2 aromatic rings. The average molecular weight is 509 g/mol. The third-order valence-corrected chi connectivity index (χ3v) is 8.21. The summed E-state index contributed by atoms with van der Waals surface area (Å²) in [6.07, 6.45) is 5.79. The van der Waals surface area contributed by atoms with Gasteiger partial charge in [0.2, 0.25) is 0 Å². The van der Waals surface area contributed by atoms with Crippen molar-refractivity contribution in [3.05, 3.63) is 16.4 Å². The molecule has 4 aliphatic rings. The van der Waals surface area contributed by atoms with Crippen LogP contribution in [0.2, 0.25) is 0 Å². The first-order chi connectivity index (χ1) is 15.5. The van der Waals surface area contributed by atoms with Gasteiger partial charge in [-0.25, -0.2) is 8.78 Å². The van der Waals surface area contributed by atoms with Crippen LogP contribution in [-0.2, 0) is 0 Å².